The van der Waals surface area contributed by atoms with E-state index in [1.807, 2.05) is 0 Å². The second kappa shape index (κ2) is 7.21. The van der Waals surface area contributed by atoms with Crippen molar-refractivity contribution in [3.8, 4) is 0 Å². The van der Waals surface area contributed by atoms with Gasteiger partial charge in [0.15, 0.2) is 0 Å². The van der Waals surface area contributed by atoms with Crippen molar-refractivity contribution in [3.05, 3.63) is 0 Å². The normalized spacial score (nSPS) is 21.0. The fraction of sp³-hybridized carbons (Fsp3) is 1.00. The van der Waals surface area contributed by atoms with Gasteiger partial charge in [-0.25, -0.2) is 0 Å². The summed E-state index contributed by atoms with van der Waals surface area (Å²) in [5.74, 6) is 0.963. The van der Waals surface area contributed by atoms with Crippen LogP contribution in [0.2, 0.25) is 0 Å². The van der Waals surface area contributed by atoms with E-state index in [1.165, 1.54) is 38.5 Å². The zero-order valence-corrected chi connectivity index (χ0v) is 9.17. The van der Waals surface area contributed by atoms with E-state index in [1.54, 1.807) is 0 Å². The third-order valence-corrected chi connectivity index (χ3v) is 3.16. The Hall–Kier alpha value is -0.120. The fourth-order valence-electron chi connectivity index (χ4n) is 2.15. The van der Waals surface area contributed by atoms with Crippen molar-refractivity contribution in [1.82, 2.24) is 5.32 Å². The van der Waals surface area contributed by atoms with E-state index < -0.39 is 0 Å². The second-order valence-electron chi connectivity index (χ2n) is 4.49. The Morgan fingerprint density at radius 1 is 1.21 bits per heavy atom. The minimum absolute atomic E-state index is 0.126. The summed E-state index contributed by atoms with van der Waals surface area (Å²) in [5, 5.41) is 3.38. The summed E-state index contributed by atoms with van der Waals surface area (Å²) in [4.78, 5) is 0. The van der Waals surface area contributed by atoms with Gasteiger partial charge in [-0.15, -0.1) is 0 Å². The molecule has 0 radical (unpaired) electrons. The van der Waals surface area contributed by atoms with Crippen LogP contribution in [0, 0.1) is 5.92 Å². The standard InChI is InChI=1S/C11H25N3/c12-8-11(13)9-14-7-6-10-4-2-1-3-5-10/h10-11,14H,1-9,12-13H2. The molecular formula is C11H25N3. The molecule has 14 heavy (non-hydrogen) atoms. The van der Waals surface area contributed by atoms with Crippen LogP contribution in [-0.2, 0) is 0 Å². The topological polar surface area (TPSA) is 64.1 Å². The number of hydrogen-bond donors (Lipinski definition) is 3. The molecule has 0 bridgehead atoms. The van der Waals surface area contributed by atoms with Crippen LogP contribution in [-0.4, -0.2) is 25.7 Å². The van der Waals surface area contributed by atoms with Crippen LogP contribution in [0.3, 0.4) is 0 Å². The molecule has 1 atom stereocenters. The molecule has 0 saturated heterocycles. The number of nitrogens with one attached hydrogen (secondary N) is 1. The van der Waals surface area contributed by atoms with Gasteiger partial charge in [-0.1, -0.05) is 32.1 Å². The summed E-state index contributed by atoms with van der Waals surface area (Å²) in [5.41, 5.74) is 11.1. The Labute approximate surface area is 87.6 Å². The largest absolute Gasteiger partial charge is 0.329 e. The van der Waals surface area contributed by atoms with Crippen LogP contribution < -0.4 is 16.8 Å². The first kappa shape index (κ1) is 12.0. The van der Waals surface area contributed by atoms with Gasteiger partial charge >= 0.3 is 0 Å². The predicted molar refractivity (Wildman–Crippen MR) is 61.1 cm³/mol. The molecule has 1 aliphatic carbocycles. The zero-order chi connectivity index (χ0) is 10.2. The monoisotopic (exact) mass is 199 g/mol. The van der Waals surface area contributed by atoms with Crippen molar-refractivity contribution in [2.24, 2.45) is 17.4 Å². The van der Waals surface area contributed by atoms with Crippen molar-refractivity contribution in [3.63, 3.8) is 0 Å². The van der Waals surface area contributed by atoms with Gasteiger partial charge in [-0.2, -0.15) is 0 Å². The van der Waals surface area contributed by atoms with Crippen LogP contribution in [0.15, 0.2) is 0 Å². The maximum absolute atomic E-state index is 5.70. The molecule has 0 aromatic carbocycles. The highest BCUT2D eigenvalue weighted by Gasteiger charge is 2.12. The molecule has 1 saturated carbocycles. The lowest BCUT2D eigenvalue weighted by atomic mass is 9.87. The lowest BCUT2D eigenvalue weighted by Crippen LogP contribution is -2.40. The molecule has 0 heterocycles. The van der Waals surface area contributed by atoms with E-state index >= 15 is 0 Å². The van der Waals surface area contributed by atoms with Crippen molar-refractivity contribution in [2.75, 3.05) is 19.6 Å². The Bertz CT molecular complexity index is 132. The van der Waals surface area contributed by atoms with Gasteiger partial charge in [0.2, 0.25) is 0 Å². The summed E-state index contributed by atoms with van der Waals surface area (Å²) in [6.45, 7) is 2.55. The first-order chi connectivity index (χ1) is 6.83. The fourth-order valence-corrected chi connectivity index (χ4v) is 2.15. The van der Waals surface area contributed by atoms with Crippen molar-refractivity contribution in [2.45, 2.75) is 44.6 Å². The average molecular weight is 199 g/mol. The minimum atomic E-state index is 0.126. The molecule has 1 unspecified atom stereocenters. The van der Waals surface area contributed by atoms with E-state index in [2.05, 4.69) is 5.32 Å². The molecule has 0 spiro atoms. The summed E-state index contributed by atoms with van der Waals surface area (Å²) < 4.78 is 0. The van der Waals surface area contributed by atoms with E-state index in [-0.39, 0.29) is 6.04 Å². The molecule has 0 aromatic heterocycles. The molecule has 0 amide bonds. The van der Waals surface area contributed by atoms with Gasteiger partial charge in [0.1, 0.15) is 0 Å². The lowest BCUT2D eigenvalue weighted by Gasteiger charge is -2.21. The Kier molecular flexibility index (Phi) is 6.15. The van der Waals surface area contributed by atoms with E-state index in [9.17, 15) is 0 Å². The van der Waals surface area contributed by atoms with Crippen LogP contribution in [0.5, 0.6) is 0 Å². The third-order valence-electron chi connectivity index (χ3n) is 3.16. The molecular weight excluding hydrogens is 174 g/mol. The maximum Gasteiger partial charge on any atom is 0.0290 e. The van der Waals surface area contributed by atoms with E-state index in [0.29, 0.717) is 6.54 Å². The van der Waals surface area contributed by atoms with Gasteiger partial charge in [-0.05, 0) is 18.9 Å². The lowest BCUT2D eigenvalue weighted by molar-refractivity contribution is 0.333. The summed E-state index contributed by atoms with van der Waals surface area (Å²) >= 11 is 0. The molecule has 3 heteroatoms. The van der Waals surface area contributed by atoms with Crippen LogP contribution in [0.25, 0.3) is 0 Å². The molecule has 84 valence electrons. The third kappa shape index (κ3) is 4.94. The molecule has 1 rings (SSSR count). The first-order valence-corrected chi connectivity index (χ1v) is 5.99. The maximum atomic E-state index is 5.70. The quantitative estimate of drug-likeness (QED) is 0.555. The summed E-state index contributed by atoms with van der Waals surface area (Å²) in [6.07, 6.45) is 8.51. The van der Waals surface area contributed by atoms with Gasteiger partial charge in [-0.3, -0.25) is 0 Å². The highest BCUT2D eigenvalue weighted by molar-refractivity contribution is 4.69. The number of nitrogens with two attached hydrogens (primary N) is 2. The highest BCUT2D eigenvalue weighted by Crippen LogP contribution is 2.25. The van der Waals surface area contributed by atoms with Crippen molar-refractivity contribution >= 4 is 0 Å². The first-order valence-electron chi connectivity index (χ1n) is 5.99. The van der Waals surface area contributed by atoms with Gasteiger partial charge in [0.25, 0.3) is 0 Å². The summed E-state index contributed by atoms with van der Waals surface area (Å²) in [7, 11) is 0. The average Bonchev–Trinajstić information content (AvgIpc) is 2.25. The highest BCUT2D eigenvalue weighted by atomic mass is 14.9. The van der Waals surface area contributed by atoms with Crippen LogP contribution >= 0.6 is 0 Å². The van der Waals surface area contributed by atoms with Crippen LogP contribution in [0.1, 0.15) is 38.5 Å². The Morgan fingerprint density at radius 2 is 1.93 bits per heavy atom. The van der Waals surface area contributed by atoms with Crippen molar-refractivity contribution in [1.29, 1.82) is 0 Å². The predicted octanol–water partition coefficient (Wildman–Crippen LogP) is 0.832. The Morgan fingerprint density at radius 3 is 2.57 bits per heavy atom. The minimum Gasteiger partial charge on any atom is -0.329 e. The smallest absolute Gasteiger partial charge is 0.0290 e. The Balaban J connectivity index is 1.92. The molecule has 1 aliphatic rings. The molecule has 1 fully saturated rings. The molecule has 0 aromatic rings. The van der Waals surface area contributed by atoms with Gasteiger partial charge in [0.05, 0.1) is 0 Å². The number of hydrogen-bond acceptors (Lipinski definition) is 3. The summed E-state index contributed by atoms with van der Waals surface area (Å²) in [6, 6.07) is 0.126. The molecule has 0 aliphatic heterocycles. The van der Waals surface area contributed by atoms with E-state index in [0.717, 1.165) is 19.0 Å². The number of rotatable bonds is 6. The van der Waals surface area contributed by atoms with E-state index in [4.69, 9.17) is 11.5 Å². The van der Waals surface area contributed by atoms with Crippen LogP contribution in [0.4, 0.5) is 0 Å². The molecule has 3 nitrogen and oxygen atoms in total. The van der Waals surface area contributed by atoms with Gasteiger partial charge < -0.3 is 16.8 Å². The SMILES string of the molecule is NCC(N)CNCCC1CCCCC1. The second-order valence-corrected chi connectivity index (χ2v) is 4.49. The molecule has 5 N–H and O–H groups in total. The van der Waals surface area contributed by atoms with Gasteiger partial charge in [0, 0.05) is 19.1 Å². The van der Waals surface area contributed by atoms with Crippen molar-refractivity contribution < 1.29 is 0 Å². The zero-order valence-electron chi connectivity index (χ0n) is 9.17.